The largest absolute Gasteiger partial charge is 0.497 e. The van der Waals surface area contributed by atoms with Gasteiger partial charge in [0, 0.05) is 22.2 Å². The zero-order valence-electron chi connectivity index (χ0n) is 20.2. The van der Waals surface area contributed by atoms with E-state index >= 15 is 0 Å². The topological polar surface area (TPSA) is 121 Å². The fourth-order valence-electron chi connectivity index (χ4n) is 3.86. The number of aromatic amines is 1. The molecule has 0 aliphatic heterocycles. The molecule has 8 heteroatoms. The SMILES string of the molecule is COc1ccc2[nH]c(C(=O)Nc3ccc(-c4ccc(C(=O)NC(C(=O)O)C(C)C)cc4)cc3)cc2c1. The van der Waals surface area contributed by atoms with E-state index in [1.807, 2.05) is 30.3 Å². The molecule has 0 fully saturated rings. The highest BCUT2D eigenvalue weighted by Gasteiger charge is 2.23. The summed E-state index contributed by atoms with van der Waals surface area (Å²) < 4.78 is 5.23. The Hall–Kier alpha value is -4.59. The maximum atomic E-state index is 12.7. The summed E-state index contributed by atoms with van der Waals surface area (Å²) >= 11 is 0. The van der Waals surface area contributed by atoms with Gasteiger partial charge in [0.25, 0.3) is 11.8 Å². The molecule has 184 valence electrons. The number of benzene rings is 3. The average Bonchev–Trinajstić information content (AvgIpc) is 3.31. The first-order chi connectivity index (χ1) is 17.2. The van der Waals surface area contributed by atoms with Crippen molar-refractivity contribution in [3.05, 3.63) is 84.1 Å². The average molecular weight is 486 g/mol. The second-order valence-electron chi connectivity index (χ2n) is 8.78. The van der Waals surface area contributed by atoms with E-state index in [-0.39, 0.29) is 11.8 Å². The third-order valence-corrected chi connectivity index (χ3v) is 5.92. The van der Waals surface area contributed by atoms with Crippen LogP contribution in [0, 0.1) is 5.92 Å². The first kappa shape index (κ1) is 24.5. The lowest BCUT2D eigenvalue weighted by atomic mass is 10.0. The van der Waals surface area contributed by atoms with E-state index in [0.717, 1.165) is 27.8 Å². The van der Waals surface area contributed by atoms with Crippen LogP contribution in [0.3, 0.4) is 0 Å². The number of rotatable bonds is 8. The maximum Gasteiger partial charge on any atom is 0.326 e. The van der Waals surface area contributed by atoms with Crippen molar-refractivity contribution in [3.63, 3.8) is 0 Å². The van der Waals surface area contributed by atoms with Gasteiger partial charge >= 0.3 is 5.97 Å². The summed E-state index contributed by atoms with van der Waals surface area (Å²) in [6, 6.07) is 20.7. The van der Waals surface area contributed by atoms with Crippen LogP contribution in [0.15, 0.2) is 72.8 Å². The van der Waals surface area contributed by atoms with Crippen LogP contribution in [0.25, 0.3) is 22.0 Å². The molecular formula is C28H27N3O5. The molecule has 4 aromatic rings. The third kappa shape index (κ3) is 5.38. The Morgan fingerprint density at radius 3 is 2.08 bits per heavy atom. The number of aliphatic carboxylic acids is 1. The van der Waals surface area contributed by atoms with Gasteiger partial charge in [-0.2, -0.15) is 0 Å². The highest BCUT2D eigenvalue weighted by Crippen LogP contribution is 2.24. The van der Waals surface area contributed by atoms with Crippen LogP contribution in [0.1, 0.15) is 34.7 Å². The lowest BCUT2D eigenvalue weighted by Gasteiger charge is -2.18. The number of carbonyl (C=O) groups is 3. The Balaban J connectivity index is 1.42. The molecule has 1 unspecified atom stereocenters. The first-order valence-corrected chi connectivity index (χ1v) is 11.5. The lowest BCUT2D eigenvalue weighted by molar-refractivity contribution is -0.140. The van der Waals surface area contributed by atoms with E-state index in [2.05, 4.69) is 15.6 Å². The van der Waals surface area contributed by atoms with Crippen molar-refractivity contribution in [3.8, 4) is 16.9 Å². The van der Waals surface area contributed by atoms with Gasteiger partial charge in [0.1, 0.15) is 17.5 Å². The van der Waals surface area contributed by atoms with Crippen LogP contribution in [0.4, 0.5) is 5.69 Å². The number of hydrogen-bond acceptors (Lipinski definition) is 4. The van der Waals surface area contributed by atoms with Gasteiger partial charge in [-0.05, 0) is 65.6 Å². The molecule has 0 saturated carbocycles. The number of methoxy groups -OCH3 is 1. The van der Waals surface area contributed by atoms with Crippen LogP contribution in [-0.2, 0) is 4.79 Å². The summed E-state index contributed by atoms with van der Waals surface area (Å²) in [5.74, 6) is -1.26. The fourth-order valence-corrected chi connectivity index (χ4v) is 3.86. The van der Waals surface area contributed by atoms with Crippen molar-refractivity contribution in [1.82, 2.24) is 10.3 Å². The number of anilines is 1. The third-order valence-electron chi connectivity index (χ3n) is 5.92. The number of carboxylic acid groups (broad SMARTS) is 1. The summed E-state index contributed by atoms with van der Waals surface area (Å²) in [5, 5.41) is 15.6. The lowest BCUT2D eigenvalue weighted by Crippen LogP contribution is -2.44. The van der Waals surface area contributed by atoms with Gasteiger partial charge in [0.05, 0.1) is 7.11 Å². The molecule has 3 aromatic carbocycles. The Morgan fingerprint density at radius 2 is 1.50 bits per heavy atom. The van der Waals surface area contributed by atoms with Crippen LogP contribution in [0.5, 0.6) is 5.75 Å². The van der Waals surface area contributed by atoms with Gasteiger partial charge in [-0.15, -0.1) is 0 Å². The molecule has 0 radical (unpaired) electrons. The van der Waals surface area contributed by atoms with Crippen molar-refractivity contribution in [2.24, 2.45) is 5.92 Å². The van der Waals surface area contributed by atoms with E-state index in [1.54, 1.807) is 63.4 Å². The highest BCUT2D eigenvalue weighted by molar-refractivity contribution is 6.06. The second-order valence-corrected chi connectivity index (χ2v) is 8.78. The van der Waals surface area contributed by atoms with E-state index in [0.29, 0.717) is 16.9 Å². The van der Waals surface area contributed by atoms with Gasteiger partial charge in [0.2, 0.25) is 0 Å². The van der Waals surface area contributed by atoms with Crippen LogP contribution >= 0.6 is 0 Å². The number of H-pyrrole nitrogens is 1. The summed E-state index contributed by atoms with van der Waals surface area (Å²) in [4.78, 5) is 39.6. The Morgan fingerprint density at radius 1 is 0.861 bits per heavy atom. The molecule has 4 N–H and O–H groups in total. The number of aromatic nitrogens is 1. The second kappa shape index (κ2) is 10.4. The smallest absolute Gasteiger partial charge is 0.326 e. The fraction of sp³-hybridized carbons (Fsp3) is 0.179. The van der Waals surface area contributed by atoms with E-state index in [9.17, 15) is 19.5 Å². The van der Waals surface area contributed by atoms with Gasteiger partial charge in [0.15, 0.2) is 0 Å². The van der Waals surface area contributed by atoms with Gasteiger partial charge < -0.3 is 25.5 Å². The van der Waals surface area contributed by atoms with E-state index in [1.165, 1.54) is 0 Å². The first-order valence-electron chi connectivity index (χ1n) is 11.5. The van der Waals surface area contributed by atoms with Crippen molar-refractivity contribution < 1.29 is 24.2 Å². The zero-order valence-corrected chi connectivity index (χ0v) is 20.2. The number of nitrogens with one attached hydrogen (secondary N) is 3. The molecule has 4 rings (SSSR count). The Labute approximate surface area is 208 Å². The Bertz CT molecular complexity index is 1410. The molecule has 1 aromatic heterocycles. The zero-order chi connectivity index (χ0) is 25.8. The number of carboxylic acids is 1. The monoisotopic (exact) mass is 485 g/mol. The van der Waals surface area contributed by atoms with Crippen molar-refractivity contribution in [2.45, 2.75) is 19.9 Å². The van der Waals surface area contributed by atoms with Crippen molar-refractivity contribution in [2.75, 3.05) is 12.4 Å². The molecule has 8 nitrogen and oxygen atoms in total. The summed E-state index contributed by atoms with van der Waals surface area (Å²) in [6.45, 7) is 3.48. The van der Waals surface area contributed by atoms with Gasteiger partial charge in [-0.25, -0.2) is 4.79 Å². The number of amides is 2. The number of ether oxygens (including phenoxy) is 1. The van der Waals surface area contributed by atoms with Crippen LogP contribution in [-0.4, -0.2) is 41.0 Å². The normalized spacial score (nSPS) is 11.8. The molecule has 0 aliphatic carbocycles. The molecule has 0 aliphatic rings. The maximum absolute atomic E-state index is 12.7. The number of fused-ring (bicyclic) bond motifs is 1. The van der Waals surface area contributed by atoms with Crippen molar-refractivity contribution >= 4 is 34.4 Å². The summed E-state index contributed by atoms with van der Waals surface area (Å²) in [6.07, 6.45) is 0. The molecule has 0 bridgehead atoms. The predicted octanol–water partition coefficient (Wildman–Crippen LogP) is 4.93. The standard InChI is InChI=1S/C28H27N3O5/c1-16(2)25(28(34)35)31-26(32)19-6-4-17(5-7-19)18-8-10-21(11-9-18)29-27(33)24-15-20-14-22(36-3)12-13-23(20)30-24/h4-16,25,30H,1-3H3,(H,29,33)(H,31,32)(H,34,35). The summed E-state index contributed by atoms with van der Waals surface area (Å²) in [5.41, 5.74) is 4.10. The molecule has 1 atom stereocenters. The predicted molar refractivity (Wildman–Crippen MR) is 138 cm³/mol. The van der Waals surface area contributed by atoms with E-state index in [4.69, 9.17) is 4.74 Å². The van der Waals surface area contributed by atoms with Gasteiger partial charge in [-0.3, -0.25) is 9.59 Å². The number of carbonyl (C=O) groups excluding carboxylic acids is 2. The molecule has 0 spiro atoms. The van der Waals surface area contributed by atoms with Crippen LogP contribution in [0.2, 0.25) is 0 Å². The minimum absolute atomic E-state index is 0.232. The molecular weight excluding hydrogens is 458 g/mol. The number of hydrogen-bond donors (Lipinski definition) is 4. The molecule has 1 heterocycles. The molecule has 36 heavy (non-hydrogen) atoms. The highest BCUT2D eigenvalue weighted by atomic mass is 16.5. The van der Waals surface area contributed by atoms with Crippen molar-refractivity contribution in [1.29, 1.82) is 0 Å². The Kier molecular flexibility index (Phi) is 7.05. The minimum Gasteiger partial charge on any atom is -0.497 e. The van der Waals surface area contributed by atoms with E-state index < -0.39 is 17.9 Å². The minimum atomic E-state index is -1.06. The molecule has 0 saturated heterocycles. The summed E-state index contributed by atoms with van der Waals surface area (Å²) in [7, 11) is 1.60. The van der Waals surface area contributed by atoms with Gasteiger partial charge in [-0.1, -0.05) is 38.1 Å². The van der Waals surface area contributed by atoms with Crippen LogP contribution < -0.4 is 15.4 Å². The molecule has 2 amide bonds. The quantitative estimate of drug-likeness (QED) is 0.282.